The molecule has 0 saturated heterocycles. The lowest BCUT2D eigenvalue weighted by Crippen LogP contribution is -2.45. The fraction of sp³-hybridized carbons (Fsp3) is 0.467. The van der Waals surface area contributed by atoms with Gasteiger partial charge in [-0.05, 0) is 25.8 Å². The number of nitrogens with one attached hydrogen (secondary N) is 1. The van der Waals surface area contributed by atoms with Gasteiger partial charge in [-0.1, -0.05) is 12.1 Å². The number of nitrogens with zero attached hydrogens (tertiary/aromatic N) is 2. The molecule has 1 aliphatic rings. The third-order valence-electron chi connectivity index (χ3n) is 3.76. The summed E-state index contributed by atoms with van der Waals surface area (Å²) in [6.07, 6.45) is 1.72. The van der Waals surface area contributed by atoms with Gasteiger partial charge in [-0.25, -0.2) is 4.79 Å². The largest absolute Gasteiger partial charge is 0.480 e. The molecule has 23 heavy (non-hydrogen) atoms. The number of nitro groups is 1. The van der Waals surface area contributed by atoms with Gasteiger partial charge in [0.1, 0.15) is 11.7 Å². The smallest absolute Gasteiger partial charge is 0.326 e. The van der Waals surface area contributed by atoms with Crippen LogP contribution in [-0.2, 0) is 9.59 Å². The summed E-state index contributed by atoms with van der Waals surface area (Å²) < 4.78 is 0. The van der Waals surface area contributed by atoms with Gasteiger partial charge in [0.05, 0.1) is 4.92 Å². The molecule has 0 spiro atoms. The zero-order valence-corrected chi connectivity index (χ0v) is 12.8. The molecular formula is C15H19N3O5. The molecule has 1 aliphatic carbocycles. The van der Waals surface area contributed by atoms with Crippen molar-refractivity contribution in [2.45, 2.75) is 38.3 Å². The molecule has 1 saturated carbocycles. The topological polar surface area (TPSA) is 113 Å². The highest BCUT2D eigenvalue weighted by Gasteiger charge is 2.37. The van der Waals surface area contributed by atoms with E-state index in [-0.39, 0.29) is 30.6 Å². The average Bonchev–Trinajstić information content (AvgIpc) is 3.32. The number of benzene rings is 1. The maximum absolute atomic E-state index is 12.3. The van der Waals surface area contributed by atoms with Gasteiger partial charge in [0.25, 0.3) is 5.69 Å². The van der Waals surface area contributed by atoms with Crippen molar-refractivity contribution < 1.29 is 19.6 Å². The number of aliphatic carboxylic acids is 1. The summed E-state index contributed by atoms with van der Waals surface area (Å²) in [7, 11) is 0. The second kappa shape index (κ2) is 7.08. The van der Waals surface area contributed by atoms with E-state index in [1.807, 2.05) is 0 Å². The van der Waals surface area contributed by atoms with Crippen LogP contribution in [0.15, 0.2) is 24.3 Å². The number of carbonyl (C=O) groups is 2. The molecule has 0 radical (unpaired) electrons. The fourth-order valence-electron chi connectivity index (χ4n) is 2.42. The zero-order chi connectivity index (χ0) is 17.0. The number of rotatable bonds is 8. The predicted octanol–water partition coefficient (Wildman–Crippen LogP) is 1.86. The highest BCUT2D eigenvalue weighted by atomic mass is 16.6. The molecule has 1 fully saturated rings. The van der Waals surface area contributed by atoms with E-state index in [1.165, 1.54) is 17.9 Å². The Bertz CT molecular complexity index is 615. The number of nitro benzene ring substituents is 1. The summed E-state index contributed by atoms with van der Waals surface area (Å²) in [6, 6.07) is 5.33. The van der Waals surface area contributed by atoms with Crippen LogP contribution in [0.25, 0.3) is 0 Å². The van der Waals surface area contributed by atoms with Gasteiger partial charge in [0, 0.05) is 25.1 Å². The first-order valence-corrected chi connectivity index (χ1v) is 7.43. The molecule has 1 amide bonds. The third kappa shape index (κ3) is 4.18. The maximum atomic E-state index is 12.3. The Hall–Kier alpha value is -2.64. The molecule has 8 nitrogen and oxygen atoms in total. The Labute approximate surface area is 133 Å². The predicted molar refractivity (Wildman–Crippen MR) is 83.2 cm³/mol. The van der Waals surface area contributed by atoms with Gasteiger partial charge >= 0.3 is 5.97 Å². The fourth-order valence-corrected chi connectivity index (χ4v) is 2.42. The average molecular weight is 321 g/mol. The van der Waals surface area contributed by atoms with Crippen LogP contribution in [0.4, 0.5) is 11.4 Å². The van der Waals surface area contributed by atoms with E-state index in [2.05, 4.69) is 5.32 Å². The lowest BCUT2D eigenvalue weighted by molar-refractivity contribution is -0.384. The van der Waals surface area contributed by atoms with Crippen LogP contribution in [0.3, 0.4) is 0 Å². The van der Waals surface area contributed by atoms with Crippen LogP contribution in [0.1, 0.15) is 26.2 Å². The SMILES string of the molecule is CC(C(=O)O)N(C(=O)CCNc1ccccc1[N+](=O)[O-])C1CC1. The van der Waals surface area contributed by atoms with Crippen molar-refractivity contribution in [1.82, 2.24) is 4.90 Å². The molecule has 2 N–H and O–H groups in total. The summed E-state index contributed by atoms with van der Waals surface area (Å²) in [5.74, 6) is -1.29. The first-order chi connectivity index (χ1) is 10.9. The Morgan fingerprint density at radius 3 is 2.65 bits per heavy atom. The number of carboxylic acids is 1. The number of para-hydroxylation sites is 2. The molecule has 1 atom stereocenters. The summed E-state index contributed by atoms with van der Waals surface area (Å²) in [5, 5.41) is 22.9. The molecular weight excluding hydrogens is 302 g/mol. The molecule has 0 aromatic heterocycles. The summed E-state index contributed by atoms with van der Waals surface area (Å²) in [6.45, 7) is 1.70. The molecule has 124 valence electrons. The van der Waals surface area contributed by atoms with E-state index in [1.54, 1.807) is 18.2 Å². The highest BCUT2D eigenvalue weighted by molar-refractivity contribution is 5.84. The van der Waals surface area contributed by atoms with Crippen molar-refractivity contribution in [3.63, 3.8) is 0 Å². The standard InChI is InChI=1S/C15H19N3O5/c1-10(15(20)21)17(11-6-7-11)14(19)8-9-16-12-4-2-3-5-13(12)18(22)23/h2-5,10-11,16H,6-9H2,1H3,(H,20,21). The first kappa shape index (κ1) is 16.7. The van der Waals surface area contributed by atoms with E-state index < -0.39 is 16.9 Å². The van der Waals surface area contributed by atoms with Crippen LogP contribution in [0, 0.1) is 10.1 Å². The number of hydrogen-bond acceptors (Lipinski definition) is 5. The quantitative estimate of drug-likeness (QED) is 0.558. The Balaban J connectivity index is 1.94. The molecule has 1 unspecified atom stereocenters. The number of carboxylic acid groups (broad SMARTS) is 1. The minimum Gasteiger partial charge on any atom is -0.480 e. The van der Waals surface area contributed by atoms with Gasteiger partial charge < -0.3 is 15.3 Å². The highest BCUT2D eigenvalue weighted by Crippen LogP contribution is 2.29. The Kier molecular flexibility index (Phi) is 5.15. The molecule has 8 heteroatoms. The van der Waals surface area contributed by atoms with E-state index in [4.69, 9.17) is 5.11 Å². The maximum Gasteiger partial charge on any atom is 0.326 e. The first-order valence-electron chi connectivity index (χ1n) is 7.43. The second-order valence-corrected chi connectivity index (χ2v) is 5.50. The van der Waals surface area contributed by atoms with Crippen LogP contribution < -0.4 is 5.32 Å². The van der Waals surface area contributed by atoms with Crippen LogP contribution in [0.2, 0.25) is 0 Å². The number of anilines is 1. The molecule has 2 rings (SSSR count). The molecule has 0 heterocycles. The van der Waals surface area contributed by atoms with Crippen molar-refractivity contribution in [3.05, 3.63) is 34.4 Å². The Morgan fingerprint density at radius 1 is 1.43 bits per heavy atom. The lowest BCUT2D eigenvalue weighted by Gasteiger charge is -2.26. The zero-order valence-electron chi connectivity index (χ0n) is 12.8. The normalized spacial score (nSPS) is 14.8. The lowest BCUT2D eigenvalue weighted by atomic mass is 10.2. The van der Waals surface area contributed by atoms with Crippen molar-refractivity contribution in [1.29, 1.82) is 0 Å². The van der Waals surface area contributed by atoms with Gasteiger partial charge in [-0.2, -0.15) is 0 Å². The minimum absolute atomic E-state index is 0.000314. The van der Waals surface area contributed by atoms with Crippen molar-refractivity contribution in [2.24, 2.45) is 0 Å². The van der Waals surface area contributed by atoms with Gasteiger partial charge in [0.15, 0.2) is 0 Å². The van der Waals surface area contributed by atoms with E-state index in [0.29, 0.717) is 5.69 Å². The van der Waals surface area contributed by atoms with Gasteiger partial charge in [0.2, 0.25) is 5.91 Å². The molecule has 0 bridgehead atoms. The van der Waals surface area contributed by atoms with Crippen LogP contribution >= 0.6 is 0 Å². The van der Waals surface area contributed by atoms with Crippen LogP contribution in [0.5, 0.6) is 0 Å². The number of hydrogen-bond donors (Lipinski definition) is 2. The van der Waals surface area contributed by atoms with Gasteiger partial charge in [-0.15, -0.1) is 0 Å². The van der Waals surface area contributed by atoms with E-state index in [9.17, 15) is 19.7 Å². The van der Waals surface area contributed by atoms with Crippen molar-refractivity contribution in [2.75, 3.05) is 11.9 Å². The summed E-state index contributed by atoms with van der Waals surface area (Å²) >= 11 is 0. The molecule has 0 aliphatic heterocycles. The van der Waals surface area contributed by atoms with Crippen LogP contribution in [-0.4, -0.2) is 45.4 Å². The number of amides is 1. The summed E-state index contributed by atoms with van der Waals surface area (Å²) in [4.78, 5) is 35.2. The third-order valence-corrected chi connectivity index (χ3v) is 3.76. The van der Waals surface area contributed by atoms with E-state index >= 15 is 0 Å². The van der Waals surface area contributed by atoms with Gasteiger partial charge in [-0.3, -0.25) is 14.9 Å². The number of carbonyl (C=O) groups excluding carboxylic acids is 1. The molecule has 1 aromatic rings. The van der Waals surface area contributed by atoms with E-state index in [0.717, 1.165) is 12.8 Å². The minimum atomic E-state index is -1.03. The summed E-state index contributed by atoms with van der Waals surface area (Å²) in [5.41, 5.74) is 0.285. The monoisotopic (exact) mass is 321 g/mol. The second-order valence-electron chi connectivity index (χ2n) is 5.50. The Morgan fingerprint density at radius 2 is 2.09 bits per heavy atom. The molecule has 1 aromatic carbocycles. The van der Waals surface area contributed by atoms with Crippen molar-refractivity contribution >= 4 is 23.3 Å². The van der Waals surface area contributed by atoms with Crippen molar-refractivity contribution in [3.8, 4) is 0 Å².